The molecule has 3 nitrogen and oxygen atoms in total. The van der Waals surface area contributed by atoms with Crippen LogP contribution in [0, 0.1) is 0 Å². The minimum atomic E-state index is 0.569. The van der Waals surface area contributed by atoms with Crippen LogP contribution in [0.2, 0.25) is 5.02 Å². The van der Waals surface area contributed by atoms with Gasteiger partial charge in [0.2, 0.25) is 0 Å². The van der Waals surface area contributed by atoms with Crippen LogP contribution in [0.4, 0.5) is 5.69 Å². The predicted octanol–water partition coefficient (Wildman–Crippen LogP) is 3.80. The zero-order chi connectivity index (χ0) is 14.5. The molecule has 0 fully saturated rings. The molecule has 0 aliphatic carbocycles. The first-order valence-electron chi connectivity index (χ1n) is 6.23. The molecule has 2 aromatic carbocycles. The Balaban J connectivity index is 2.28. The van der Waals surface area contributed by atoms with Crippen molar-refractivity contribution in [3.05, 3.63) is 58.6 Å². The van der Waals surface area contributed by atoms with Crippen molar-refractivity contribution in [2.24, 2.45) is 0 Å². The van der Waals surface area contributed by atoms with Crippen LogP contribution in [-0.4, -0.2) is 20.4 Å². The van der Waals surface area contributed by atoms with Crippen LogP contribution in [0.15, 0.2) is 42.5 Å². The maximum absolute atomic E-state index is 11.1. The van der Waals surface area contributed by atoms with Crippen molar-refractivity contribution >= 4 is 23.6 Å². The average molecular weight is 290 g/mol. The van der Waals surface area contributed by atoms with E-state index in [1.807, 2.05) is 36.2 Å². The SMILES string of the molecule is COc1cccc(CN(C)c2c(Cl)cccc2C=O)c1. The molecule has 0 heterocycles. The summed E-state index contributed by atoms with van der Waals surface area (Å²) in [5.74, 6) is 0.811. The number of anilines is 1. The van der Waals surface area contributed by atoms with E-state index >= 15 is 0 Å². The zero-order valence-corrected chi connectivity index (χ0v) is 12.2. The van der Waals surface area contributed by atoms with Gasteiger partial charge in [0.25, 0.3) is 0 Å². The van der Waals surface area contributed by atoms with E-state index in [1.165, 1.54) is 0 Å². The van der Waals surface area contributed by atoms with Crippen molar-refractivity contribution in [2.45, 2.75) is 6.54 Å². The largest absolute Gasteiger partial charge is 0.497 e. The van der Waals surface area contributed by atoms with Crippen LogP contribution >= 0.6 is 11.6 Å². The molecule has 0 radical (unpaired) electrons. The molecule has 0 atom stereocenters. The van der Waals surface area contributed by atoms with Gasteiger partial charge in [-0.05, 0) is 29.8 Å². The molecule has 0 spiro atoms. The number of aldehydes is 1. The Morgan fingerprint density at radius 3 is 2.70 bits per heavy atom. The Bertz CT molecular complexity index is 613. The lowest BCUT2D eigenvalue weighted by atomic mass is 10.1. The first-order chi connectivity index (χ1) is 9.65. The van der Waals surface area contributed by atoms with Crippen LogP contribution in [0.25, 0.3) is 0 Å². The second-order valence-electron chi connectivity index (χ2n) is 4.50. The summed E-state index contributed by atoms with van der Waals surface area (Å²) in [6.07, 6.45) is 0.823. The van der Waals surface area contributed by atoms with Gasteiger partial charge in [-0.25, -0.2) is 0 Å². The molecule has 104 valence electrons. The molecule has 0 bridgehead atoms. The summed E-state index contributed by atoms with van der Waals surface area (Å²) in [5, 5.41) is 0.569. The van der Waals surface area contributed by atoms with Crippen molar-refractivity contribution in [1.29, 1.82) is 0 Å². The van der Waals surface area contributed by atoms with E-state index in [0.29, 0.717) is 17.1 Å². The highest BCUT2D eigenvalue weighted by Crippen LogP contribution is 2.29. The van der Waals surface area contributed by atoms with Crippen molar-refractivity contribution in [3.8, 4) is 5.75 Å². The van der Waals surface area contributed by atoms with Crippen LogP contribution in [-0.2, 0) is 6.54 Å². The zero-order valence-electron chi connectivity index (χ0n) is 11.5. The fourth-order valence-corrected chi connectivity index (χ4v) is 2.48. The number of methoxy groups -OCH3 is 1. The van der Waals surface area contributed by atoms with Crippen LogP contribution < -0.4 is 9.64 Å². The standard InChI is InChI=1S/C16H16ClNO2/c1-18(10-12-5-3-7-14(9-12)20-2)16-13(11-19)6-4-8-15(16)17/h3-9,11H,10H2,1-2H3. The molecular formula is C16H16ClNO2. The van der Waals surface area contributed by atoms with E-state index in [1.54, 1.807) is 25.3 Å². The summed E-state index contributed by atoms with van der Waals surface area (Å²) in [6, 6.07) is 13.1. The van der Waals surface area contributed by atoms with E-state index in [9.17, 15) is 4.79 Å². The van der Waals surface area contributed by atoms with Gasteiger partial charge in [0, 0.05) is 19.2 Å². The number of rotatable bonds is 5. The maximum Gasteiger partial charge on any atom is 0.152 e. The third kappa shape index (κ3) is 3.11. The highest BCUT2D eigenvalue weighted by atomic mass is 35.5. The van der Waals surface area contributed by atoms with Crippen LogP contribution in [0.3, 0.4) is 0 Å². The number of benzene rings is 2. The molecule has 0 aliphatic rings. The monoisotopic (exact) mass is 289 g/mol. The molecule has 4 heteroatoms. The third-order valence-electron chi connectivity index (χ3n) is 3.08. The molecular weight excluding hydrogens is 274 g/mol. The normalized spacial score (nSPS) is 10.2. The lowest BCUT2D eigenvalue weighted by Crippen LogP contribution is -2.18. The van der Waals surface area contributed by atoms with Gasteiger partial charge in [0.15, 0.2) is 6.29 Å². The van der Waals surface area contributed by atoms with Gasteiger partial charge < -0.3 is 9.64 Å². The predicted molar refractivity (Wildman–Crippen MR) is 81.9 cm³/mol. The van der Waals surface area contributed by atoms with Gasteiger partial charge in [-0.1, -0.05) is 29.8 Å². The highest BCUT2D eigenvalue weighted by molar-refractivity contribution is 6.33. The lowest BCUT2D eigenvalue weighted by molar-refractivity contribution is 0.112. The average Bonchev–Trinajstić information content (AvgIpc) is 2.46. The van der Waals surface area contributed by atoms with Crippen molar-refractivity contribution in [3.63, 3.8) is 0 Å². The number of carbonyl (C=O) groups is 1. The summed E-state index contributed by atoms with van der Waals surface area (Å²) in [6.45, 7) is 0.641. The van der Waals surface area contributed by atoms with Gasteiger partial charge >= 0.3 is 0 Å². The molecule has 0 amide bonds. The number of ether oxygens (including phenoxy) is 1. The number of hydrogen-bond acceptors (Lipinski definition) is 3. The smallest absolute Gasteiger partial charge is 0.152 e. The van der Waals surface area contributed by atoms with Gasteiger partial charge in [0.05, 0.1) is 17.8 Å². The Labute approximate surface area is 123 Å². The van der Waals surface area contributed by atoms with Crippen LogP contribution in [0.5, 0.6) is 5.75 Å². The lowest BCUT2D eigenvalue weighted by Gasteiger charge is -2.22. The maximum atomic E-state index is 11.1. The van der Waals surface area contributed by atoms with Crippen molar-refractivity contribution < 1.29 is 9.53 Å². The number of nitrogens with zero attached hydrogens (tertiary/aromatic N) is 1. The quantitative estimate of drug-likeness (QED) is 0.784. The molecule has 2 aromatic rings. The minimum absolute atomic E-state index is 0.569. The van der Waals surface area contributed by atoms with Crippen LogP contribution in [0.1, 0.15) is 15.9 Å². The van der Waals surface area contributed by atoms with E-state index in [0.717, 1.165) is 23.3 Å². The molecule has 2 rings (SSSR count). The number of carbonyl (C=O) groups excluding carboxylic acids is 1. The van der Waals surface area contributed by atoms with Gasteiger partial charge in [-0.2, -0.15) is 0 Å². The first kappa shape index (κ1) is 14.4. The van der Waals surface area contributed by atoms with E-state index in [-0.39, 0.29) is 0 Å². The second kappa shape index (κ2) is 6.44. The van der Waals surface area contributed by atoms with Crippen molar-refractivity contribution in [1.82, 2.24) is 0 Å². The third-order valence-corrected chi connectivity index (χ3v) is 3.39. The Hall–Kier alpha value is -2.00. The summed E-state index contributed by atoms with van der Waals surface area (Å²) >= 11 is 6.20. The molecule has 0 aliphatic heterocycles. The van der Waals surface area contributed by atoms with E-state index in [4.69, 9.17) is 16.3 Å². The number of para-hydroxylation sites is 1. The number of halogens is 1. The van der Waals surface area contributed by atoms with E-state index in [2.05, 4.69) is 0 Å². The molecule has 0 N–H and O–H groups in total. The van der Waals surface area contributed by atoms with Gasteiger partial charge in [-0.3, -0.25) is 4.79 Å². The van der Waals surface area contributed by atoms with Gasteiger partial charge in [0.1, 0.15) is 5.75 Å². The Morgan fingerprint density at radius 1 is 1.25 bits per heavy atom. The molecule has 0 unspecified atom stereocenters. The number of hydrogen-bond donors (Lipinski definition) is 0. The van der Waals surface area contributed by atoms with Gasteiger partial charge in [-0.15, -0.1) is 0 Å². The minimum Gasteiger partial charge on any atom is -0.497 e. The molecule has 20 heavy (non-hydrogen) atoms. The summed E-state index contributed by atoms with van der Waals surface area (Å²) in [5.41, 5.74) is 2.42. The molecule has 0 saturated heterocycles. The summed E-state index contributed by atoms with van der Waals surface area (Å²) < 4.78 is 5.21. The topological polar surface area (TPSA) is 29.5 Å². The Morgan fingerprint density at radius 2 is 2.00 bits per heavy atom. The second-order valence-corrected chi connectivity index (χ2v) is 4.91. The molecule has 0 saturated carbocycles. The molecule has 0 aromatic heterocycles. The van der Waals surface area contributed by atoms with Crippen molar-refractivity contribution in [2.75, 3.05) is 19.1 Å². The highest BCUT2D eigenvalue weighted by Gasteiger charge is 2.12. The summed E-state index contributed by atoms with van der Waals surface area (Å²) in [4.78, 5) is 13.1. The fraction of sp³-hybridized carbons (Fsp3) is 0.188. The van der Waals surface area contributed by atoms with E-state index < -0.39 is 0 Å². The first-order valence-corrected chi connectivity index (χ1v) is 6.61. The fourth-order valence-electron chi connectivity index (χ4n) is 2.15. The Kier molecular flexibility index (Phi) is 4.64. The summed E-state index contributed by atoms with van der Waals surface area (Å²) in [7, 11) is 3.55.